The van der Waals surface area contributed by atoms with E-state index in [9.17, 15) is 0 Å². The molecular weight excluding hydrogens is 548 g/mol. The zero-order valence-electron chi connectivity index (χ0n) is 27.4. The summed E-state index contributed by atoms with van der Waals surface area (Å²) in [6, 6.07) is 41.2. The SMILES string of the molecule is CC.CC.Cc1cc(-c2nc(-c3ccccc3)nc3ccccc23)c(C)cc1-c1ncnc2ccccc12.Cc1ccccc1. The predicted molar refractivity (Wildman–Crippen MR) is 192 cm³/mol. The summed E-state index contributed by atoms with van der Waals surface area (Å²) in [4.78, 5) is 19.0. The number of rotatable bonds is 3. The third kappa shape index (κ3) is 7.66. The molecule has 0 saturated heterocycles. The fourth-order valence-electron chi connectivity index (χ4n) is 5.08. The molecule has 226 valence electrons. The largest absolute Gasteiger partial charge is 0.236 e. The Labute approximate surface area is 267 Å². The van der Waals surface area contributed by atoms with E-state index in [4.69, 9.17) is 9.97 Å². The molecule has 0 radical (unpaired) electrons. The number of fused-ring (bicyclic) bond motifs is 2. The van der Waals surface area contributed by atoms with Crippen LogP contribution in [0.5, 0.6) is 0 Å². The van der Waals surface area contributed by atoms with Crippen molar-refractivity contribution in [1.82, 2.24) is 19.9 Å². The molecule has 0 bridgehead atoms. The first-order valence-electron chi connectivity index (χ1n) is 15.7. The third-order valence-electron chi connectivity index (χ3n) is 7.20. The van der Waals surface area contributed by atoms with Crippen molar-refractivity contribution in [1.29, 1.82) is 0 Å². The summed E-state index contributed by atoms with van der Waals surface area (Å²) in [5.41, 5.74) is 10.6. The number of hydrogen-bond donors (Lipinski definition) is 0. The molecule has 7 aromatic rings. The normalized spacial score (nSPS) is 10.1. The van der Waals surface area contributed by atoms with Gasteiger partial charge in [-0.3, -0.25) is 0 Å². The topological polar surface area (TPSA) is 51.6 Å². The summed E-state index contributed by atoms with van der Waals surface area (Å²) in [5.74, 6) is 0.734. The first-order chi connectivity index (χ1) is 22.1. The van der Waals surface area contributed by atoms with Crippen LogP contribution in [0.3, 0.4) is 0 Å². The highest BCUT2D eigenvalue weighted by atomic mass is 14.9. The summed E-state index contributed by atoms with van der Waals surface area (Å²) in [6.45, 7) is 14.4. The lowest BCUT2D eigenvalue weighted by Gasteiger charge is -2.15. The highest BCUT2D eigenvalue weighted by molar-refractivity contribution is 5.97. The van der Waals surface area contributed by atoms with Crippen LogP contribution in [-0.4, -0.2) is 19.9 Å². The van der Waals surface area contributed by atoms with E-state index in [-0.39, 0.29) is 0 Å². The van der Waals surface area contributed by atoms with Crippen LogP contribution in [0.15, 0.2) is 128 Å². The fourth-order valence-corrected chi connectivity index (χ4v) is 5.08. The zero-order valence-corrected chi connectivity index (χ0v) is 27.4. The molecule has 0 amide bonds. The molecule has 5 aromatic carbocycles. The monoisotopic (exact) mass is 590 g/mol. The molecule has 4 heteroatoms. The fraction of sp³-hybridized carbons (Fsp3) is 0.171. The molecule has 0 N–H and O–H groups in total. The van der Waals surface area contributed by atoms with Crippen molar-refractivity contribution < 1.29 is 0 Å². The second-order valence-electron chi connectivity index (χ2n) is 10.2. The molecule has 0 atom stereocenters. The van der Waals surface area contributed by atoms with Crippen LogP contribution in [0.4, 0.5) is 0 Å². The van der Waals surface area contributed by atoms with Gasteiger partial charge in [0.15, 0.2) is 5.82 Å². The Bertz CT molecular complexity index is 1960. The molecule has 45 heavy (non-hydrogen) atoms. The highest BCUT2D eigenvalue weighted by Gasteiger charge is 2.16. The predicted octanol–water partition coefficient (Wildman–Crippen LogP) is 11.2. The Morgan fingerprint density at radius 2 is 0.933 bits per heavy atom. The molecule has 2 heterocycles. The number of hydrogen-bond acceptors (Lipinski definition) is 4. The van der Waals surface area contributed by atoms with E-state index in [0.717, 1.165) is 66.8 Å². The molecule has 0 saturated carbocycles. The third-order valence-corrected chi connectivity index (χ3v) is 7.20. The lowest BCUT2D eigenvalue weighted by molar-refractivity contribution is 1.21. The van der Waals surface area contributed by atoms with E-state index in [1.165, 1.54) is 5.56 Å². The maximum Gasteiger partial charge on any atom is 0.160 e. The van der Waals surface area contributed by atoms with Crippen molar-refractivity contribution in [2.45, 2.75) is 48.5 Å². The lowest BCUT2D eigenvalue weighted by atomic mass is 9.93. The van der Waals surface area contributed by atoms with Gasteiger partial charge in [0.05, 0.1) is 22.4 Å². The summed E-state index contributed by atoms with van der Waals surface area (Å²) >= 11 is 0. The molecule has 0 fully saturated rings. The first kappa shape index (κ1) is 32.7. The highest BCUT2D eigenvalue weighted by Crippen LogP contribution is 2.36. The number of aryl methyl sites for hydroxylation is 3. The van der Waals surface area contributed by atoms with Crippen LogP contribution < -0.4 is 0 Å². The Morgan fingerprint density at radius 1 is 0.444 bits per heavy atom. The number of para-hydroxylation sites is 2. The molecule has 2 aromatic heterocycles. The van der Waals surface area contributed by atoms with E-state index >= 15 is 0 Å². The van der Waals surface area contributed by atoms with Crippen molar-refractivity contribution in [3.05, 3.63) is 144 Å². The first-order valence-corrected chi connectivity index (χ1v) is 15.7. The van der Waals surface area contributed by atoms with Gasteiger partial charge in [-0.15, -0.1) is 0 Å². The Kier molecular flexibility index (Phi) is 11.6. The van der Waals surface area contributed by atoms with Gasteiger partial charge in [0.25, 0.3) is 0 Å². The van der Waals surface area contributed by atoms with Gasteiger partial charge in [-0.2, -0.15) is 0 Å². The van der Waals surface area contributed by atoms with Crippen molar-refractivity contribution in [2.24, 2.45) is 0 Å². The van der Waals surface area contributed by atoms with E-state index in [1.807, 2.05) is 94.4 Å². The van der Waals surface area contributed by atoms with Crippen LogP contribution in [-0.2, 0) is 0 Å². The summed E-state index contributed by atoms with van der Waals surface area (Å²) in [5, 5.41) is 2.10. The summed E-state index contributed by atoms with van der Waals surface area (Å²) in [7, 11) is 0. The average Bonchev–Trinajstić information content (AvgIpc) is 3.11. The molecule has 0 aliphatic rings. The van der Waals surface area contributed by atoms with Crippen molar-refractivity contribution in [3.8, 4) is 33.9 Å². The second-order valence-corrected chi connectivity index (χ2v) is 10.2. The van der Waals surface area contributed by atoms with E-state index < -0.39 is 0 Å². The van der Waals surface area contributed by atoms with E-state index in [2.05, 4.69) is 85.3 Å². The number of aromatic nitrogens is 4. The van der Waals surface area contributed by atoms with Gasteiger partial charge in [-0.25, -0.2) is 19.9 Å². The van der Waals surface area contributed by atoms with E-state index in [1.54, 1.807) is 6.33 Å². The summed E-state index contributed by atoms with van der Waals surface area (Å²) < 4.78 is 0. The van der Waals surface area contributed by atoms with Crippen LogP contribution in [0.1, 0.15) is 44.4 Å². The van der Waals surface area contributed by atoms with Crippen molar-refractivity contribution in [2.75, 3.05) is 0 Å². The number of benzene rings is 5. The minimum atomic E-state index is 0.734. The van der Waals surface area contributed by atoms with Crippen molar-refractivity contribution >= 4 is 21.8 Å². The van der Waals surface area contributed by atoms with Crippen LogP contribution in [0, 0.1) is 20.8 Å². The van der Waals surface area contributed by atoms with Gasteiger partial charge < -0.3 is 0 Å². The molecule has 0 unspecified atom stereocenters. The quantitative estimate of drug-likeness (QED) is 0.205. The average molecular weight is 591 g/mol. The molecule has 7 rings (SSSR count). The van der Waals surface area contributed by atoms with E-state index in [0.29, 0.717) is 0 Å². The van der Waals surface area contributed by atoms with Gasteiger partial charge in [0, 0.05) is 27.5 Å². The Hall–Kier alpha value is -5.22. The molecule has 0 aliphatic heterocycles. The molecule has 0 aliphatic carbocycles. The molecule has 0 spiro atoms. The Morgan fingerprint density at radius 3 is 1.51 bits per heavy atom. The van der Waals surface area contributed by atoms with Gasteiger partial charge in [-0.1, -0.05) is 130 Å². The van der Waals surface area contributed by atoms with Gasteiger partial charge in [0.1, 0.15) is 6.33 Å². The lowest BCUT2D eigenvalue weighted by Crippen LogP contribution is -1.98. The maximum atomic E-state index is 5.06. The van der Waals surface area contributed by atoms with Gasteiger partial charge in [0.2, 0.25) is 0 Å². The standard InChI is InChI=1S/C30H22N4.C7H8.2C2H6/c1-19-17-25(20(2)16-24(19)28-22-12-6-8-14-26(22)31-18-32-28)29-23-13-7-9-15-27(23)33-30(34-29)21-10-4-3-5-11-21;1-7-5-3-2-4-6-7;2*1-2/h3-18H,1-2H3;2-6H,1H3;2*1-2H3. The zero-order chi connectivity index (χ0) is 32.2. The second kappa shape index (κ2) is 16.0. The summed E-state index contributed by atoms with van der Waals surface area (Å²) in [6.07, 6.45) is 1.64. The maximum absolute atomic E-state index is 5.06. The molecular formula is C41H42N4. The minimum Gasteiger partial charge on any atom is -0.236 e. The minimum absolute atomic E-state index is 0.734. The van der Waals surface area contributed by atoms with Crippen LogP contribution in [0.25, 0.3) is 55.7 Å². The van der Waals surface area contributed by atoms with Crippen LogP contribution in [0.2, 0.25) is 0 Å². The number of nitrogens with zero attached hydrogens (tertiary/aromatic N) is 4. The van der Waals surface area contributed by atoms with Crippen LogP contribution >= 0.6 is 0 Å². The Balaban J connectivity index is 0.000000363. The van der Waals surface area contributed by atoms with Gasteiger partial charge in [-0.05, 0) is 56.2 Å². The smallest absolute Gasteiger partial charge is 0.160 e. The molecule has 4 nitrogen and oxygen atoms in total. The van der Waals surface area contributed by atoms with Gasteiger partial charge >= 0.3 is 0 Å². The van der Waals surface area contributed by atoms with Crippen molar-refractivity contribution in [3.63, 3.8) is 0 Å².